The summed E-state index contributed by atoms with van der Waals surface area (Å²) < 4.78 is 5.39. The van der Waals surface area contributed by atoms with Crippen molar-refractivity contribution in [3.8, 4) is 11.3 Å². The number of aromatic nitrogens is 3. The first-order valence-corrected chi connectivity index (χ1v) is 11.9. The van der Waals surface area contributed by atoms with Gasteiger partial charge < -0.3 is 20.3 Å². The van der Waals surface area contributed by atoms with Crippen LogP contribution in [0.1, 0.15) is 34.3 Å². The van der Waals surface area contributed by atoms with Crippen LogP contribution >= 0.6 is 0 Å². The summed E-state index contributed by atoms with van der Waals surface area (Å²) in [6, 6.07) is 9.66. The van der Waals surface area contributed by atoms with E-state index in [2.05, 4.69) is 25.9 Å². The number of hydrogen-bond donors (Lipinski definition) is 1. The molecule has 2 aliphatic heterocycles. The zero-order valence-electron chi connectivity index (χ0n) is 19.3. The van der Waals surface area contributed by atoms with E-state index >= 15 is 0 Å². The molecule has 2 N–H and O–H groups in total. The maximum atomic E-state index is 13.1. The van der Waals surface area contributed by atoms with Gasteiger partial charge in [0.1, 0.15) is 0 Å². The van der Waals surface area contributed by atoms with Crippen molar-refractivity contribution >= 4 is 23.5 Å². The predicted molar refractivity (Wildman–Crippen MR) is 129 cm³/mol. The Morgan fingerprint density at radius 2 is 1.80 bits per heavy atom. The standard InChI is InChI=1S/C26H26N6O3/c27-23(33)12-17-3-6-28-21(11-17)19-14-29-25(30-15-19)32-16-26(4-5-26)20-2-1-18(13-22(20)32)24(34)31-7-9-35-10-8-31/h1-3,6,11,13-15H,4-5,7-10,12,16H2,(H2,27,33). The lowest BCUT2D eigenvalue weighted by atomic mass is 9.97. The summed E-state index contributed by atoms with van der Waals surface area (Å²) >= 11 is 0. The quantitative estimate of drug-likeness (QED) is 0.608. The smallest absolute Gasteiger partial charge is 0.254 e. The van der Waals surface area contributed by atoms with Crippen molar-refractivity contribution in [3.63, 3.8) is 0 Å². The molecule has 0 atom stereocenters. The lowest BCUT2D eigenvalue weighted by Gasteiger charge is -2.27. The normalized spacial score (nSPS) is 17.9. The molecule has 9 nitrogen and oxygen atoms in total. The molecular formula is C26H26N6O3. The molecular weight excluding hydrogens is 444 g/mol. The second kappa shape index (κ2) is 8.42. The predicted octanol–water partition coefficient (Wildman–Crippen LogP) is 2.22. The zero-order chi connectivity index (χ0) is 24.0. The van der Waals surface area contributed by atoms with Gasteiger partial charge in [-0.15, -0.1) is 0 Å². The molecule has 35 heavy (non-hydrogen) atoms. The third kappa shape index (κ3) is 4.01. The summed E-state index contributed by atoms with van der Waals surface area (Å²) in [5, 5.41) is 0. The van der Waals surface area contributed by atoms with Crippen LogP contribution in [-0.2, 0) is 21.4 Å². The molecule has 1 saturated carbocycles. The number of fused-ring (bicyclic) bond motifs is 2. The average Bonchev–Trinajstić information content (AvgIpc) is 3.60. The summed E-state index contributed by atoms with van der Waals surface area (Å²) in [7, 11) is 0. The van der Waals surface area contributed by atoms with Gasteiger partial charge in [-0.05, 0) is 48.2 Å². The Balaban J connectivity index is 1.29. The van der Waals surface area contributed by atoms with Gasteiger partial charge in [0, 0.05) is 60.5 Å². The van der Waals surface area contributed by atoms with E-state index in [0.717, 1.165) is 36.2 Å². The third-order valence-corrected chi connectivity index (χ3v) is 7.10. The van der Waals surface area contributed by atoms with Gasteiger partial charge in [-0.3, -0.25) is 14.6 Å². The van der Waals surface area contributed by atoms with Gasteiger partial charge in [0.2, 0.25) is 11.9 Å². The third-order valence-electron chi connectivity index (χ3n) is 7.10. The van der Waals surface area contributed by atoms with Crippen molar-refractivity contribution in [2.45, 2.75) is 24.7 Å². The van der Waals surface area contributed by atoms with Gasteiger partial charge in [0.25, 0.3) is 5.91 Å². The minimum atomic E-state index is -0.387. The molecule has 0 bridgehead atoms. The molecule has 1 aliphatic carbocycles. The average molecular weight is 471 g/mol. The number of nitrogens with two attached hydrogens (primary N) is 1. The minimum absolute atomic E-state index is 0.0333. The van der Waals surface area contributed by atoms with Crippen LogP contribution in [0.5, 0.6) is 0 Å². The van der Waals surface area contributed by atoms with E-state index in [1.165, 1.54) is 5.56 Å². The van der Waals surface area contributed by atoms with Crippen LogP contribution in [0, 0.1) is 0 Å². The van der Waals surface area contributed by atoms with E-state index in [-0.39, 0.29) is 23.7 Å². The van der Waals surface area contributed by atoms with Gasteiger partial charge in [0.05, 0.1) is 25.3 Å². The molecule has 9 heteroatoms. The summed E-state index contributed by atoms with van der Waals surface area (Å²) in [4.78, 5) is 42.0. The number of morpholine rings is 1. The molecule has 0 radical (unpaired) electrons. The van der Waals surface area contributed by atoms with E-state index in [1.54, 1.807) is 24.7 Å². The van der Waals surface area contributed by atoms with Crippen molar-refractivity contribution in [2.75, 3.05) is 37.7 Å². The van der Waals surface area contributed by atoms with Gasteiger partial charge in [-0.1, -0.05) is 6.07 Å². The number of pyridine rings is 1. The van der Waals surface area contributed by atoms with Crippen molar-refractivity contribution < 1.29 is 14.3 Å². The van der Waals surface area contributed by atoms with E-state index < -0.39 is 0 Å². The van der Waals surface area contributed by atoms with Crippen LogP contribution in [0.25, 0.3) is 11.3 Å². The Morgan fingerprint density at radius 1 is 1.03 bits per heavy atom. The lowest BCUT2D eigenvalue weighted by Crippen LogP contribution is -2.40. The van der Waals surface area contributed by atoms with Crippen molar-refractivity contribution in [2.24, 2.45) is 5.73 Å². The van der Waals surface area contributed by atoms with Crippen LogP contribution in [0.3, 0.4) is 0 Å². The summed E-state index contributed by atoms with van der Waals surface area (Å²) in [5.41, 5.74) is 10.7. The summed E-state index contributed by atoms with van der Waals surface area (Å²) in [5.74, 6) is 0.246. The molecule has 178 valence electrons. The van der Waals surface area contributed by atoms with E-state index in [1.807, 2.05) is 23.1 Å². The highest BCUT2D eigenvalue weighted by atomic mass is 16.5. The molecule has 2 aromatic heterocycles. The molecule has 2 fully saturated rings. The second-order valence-electron chi connectivity index (χ2n) is 9.47. The molecule has 1 aromatic carbocycles. The van der Waals surface area contributed by atoms with Gasteiger partial charge in [0.15, 0.2) is 0 Å². The number of hydrogen-bond acceptors (Lipinski definition) is 7. The summed E-state index contributed by atoms with van der Waals surface area (Å²) in [6.07, 6.45) is 7.57. The number of rotatable bonds is 5. The fraction of sp³-hybridized carbons (Fsp3) is 0.346. The molecule has 1 saturated heterocycles. The molecule has 2 amide bonds. The zero-order valence-corrected chi connectivity index (χ0v) is 19.3. The number of carbonyl (C=O) groups is 2. The van der Waals surface area contributed by atoms with Crippen LogP contribution in [0.15, 0.2) is 48.9 Å². The summed E-state index contributed by atoms with van der Waals surface area (Å²) in [6.45, 7) is 3.19. The first-order valence-electron chi connectivity index (χ1n) is 11.9. The first kappa shape index (κ1) is 21.7. The van der Waals surface area contributed by atoms with Crippen LogP contribution in [0.2, 0.25) is 0 Å². The van der Waals surface area contributed by atoms with Crippen LogP contribution in [-0.4, -0.2) is 64.5 Å². The first-order chi connectivity index (χ1) is 17.0. The highest BCUT2D eigenvalue weighted by molar-refractivity contribution is 5.96. The van der Waals surface area contributed by atoms with E-state index in [0.29, 0.717) is 43.5 Å². The fourth-order valence-electron chi connectivity index (χ4n) is 5.05. The molecule has 3 aliphatic rings. The Labute approximate surface area is 202 Å². The number of anilines is 2. The molecule has 0 unspecified atom stereocenters. The maximum absolute atomic E-state index is 13.1. The number of primary amides is 1. The lowest BCUT2D eigenvalue weighted by molar-refractivity contribution is -0.117. The molecule has 6 rings (SSSR count). The number of ether oxygens (including phenoxy) is 1. The fourth-order valence-corrected chi connectivity index (χ4v) is 5.05. The van der Waals surface area contributed by atoms with Crippen molar-refractivity contribution in [3.05, 3.63) is 65.6 Å². The van der Waals surface area contributed by atoms with Crippen LogP contribution in [0.4, 0.5) is 11.6 Å². The Hall–Kier alpha value is -3.85. The number of amides is 2. The topological polar surface area (TPSA) is 115 Å². The number of carbonyl (C=O) groups excluding carboxylic acids is 2. The molecule has 4 heterocycles. The second-order valence-corrected chi connectivity index (χ2v) is 9.47. The van der Waals surface area contributed by atoms with E-state index in [9.17, 15) is 9.59 Å². The number of nitrogens with zero attached hydrogens (tertiary/aromatic N) is 5. The number of benzene rings is 1. The Morgan fingerprint density at radius 3 is 2.51 bits per heavy atom. The van der Waals surface area contributed by atoms with Gasteiger partial charge >= 0.3 is 0 Å². The Bertz CT molecular complexity index is 1300. The van der Waals surface area contributed by atoms with Gasteiger partial charge in [-0.2, -0.15) is 0 Å². The Kier molecular flexibility index (Phi) is 5.21. The van der Waals surface area contributed by atoms with Crippen LogP contribution < -0.4 is 10.6 Å². The van der Waals surface area contributed by atoms with Crippen molar-refractivity contribution in [1.29, 1.82) is 0 Å². The SMILES string of the molecule is NC(=O)Cc1ccnc(-c2cnc(N3CC4(CC4)c4ccc(C(=O)N5CCOCC5)cc43)nc2)c1. The maximum Gasteiger partial charge on any atom is 0.254 e. The largest absolute Gasteiger partial charge is 0.378 e. The highest BCUT2D eigenvalue weighted by Gasteiger charge is 2.52. The van der Waals surface area contributed by atoms with E-state index in [4.69, 9.17) is 10.5 Å². The monoisotopic (exact) mass is 470 g/mol. The van der Waals surface area contributed by atoms with Crippen molar-refractivity contribution in [1.82, 2.24) is 19.9 Å². The minimum Gasteiger partial charge on any atom is -0.378 e. The highest BCUT2D eigenvalue weighted by Crippen LogP contribution is 2.57. The van der Waals surface area contributed by atoms with Gasteiger partial charge in [-0.25, -0.2) is 9.97 Å². The molecule has 3 aromatic rings. The molecule has 1 spiro atoms.